The number of unbranched alkanes of at least 4 members (excludes halogenated alkanes) is 3. The summed E-state index contributed by atoms with van der Waals surface area (Å²) < 4.78 is 12.7. The molecular formula is C77H111FN8O16. The molecule has 16 amide bonds. The van der Waals surface area contributed by atoms with Crippen LogP contribution in [0, 0.1) is 101 Å². The normalized spacial score (nSPS) is 29.9. The summed E-state index contributed by atoms with van der Waals surface area (Å²) in [4.78, 5) is 192. The van der Waals surface area contributed by atoms with E-state index >= 15 is 0 Å². The van der Waals surface area contributed by atoms with Crippen molar-refractivity contribution in [1.29, 1.82) is 0 Å². The summed E-state index contributed by atoms with van der Waals surface area (Å²) in [7, 11) is 3.06. The lowest BCUT2D eigenvalue weighted by Crippen LogP contribution is -2.41. The highest BCUT2D eigenvalue weighted by atomic mass is 19.1. The van der Waals surface area contributed by atoms with Gasteiger partial charge in [0.15, 0.2) is 0 Å². The number of nitrogens with one attached hydrogen (secondary N) is 1. The first-order chi connectivity index (χ1) is 47.7. The first kappa shape index (κ1) is 85.9. The van der Waals surface area contributed by atoms with Gasteiger partial charge in [0.25, 0.3) is 0 Å². The van der Waals surface area contributed by atoms with E-state index in [9.17, 15) is 81.1 Å². The summed E-state index contributed by atoms with van der Waals surface area (Å²) >= 11 is 0. The van der Waals surface area contributed by atoms with Gasteiger partial charge < -0.3 is 0 Å². The second-order valence-electron chi connectivity index (χ2n) is 28.8. The maximum Gasteiger partial charge on any atom is 0.237 e. The van der Waals surface area contributed by atoms with Crippen LogP contribution in [0.4, 0.5) is 15.8 Å². The second kappa shape index (κ2) is 38.1. The number of halogens is 1. The number of imide groups is 8. The smallest absolute Gasteiger partial charge is 0.237 e. The second-order valence-corrected chi connectivity index (χ2v) is 28.8. The van der Waals surface area contributed by atoms with Gasteiger partial charge >= 0.3 is 0 Å². The molecule has 11 rings (SSSR count). The van der Waals surface area contributed by atoms with Crippen LogP contribution in [-0.2, 0) is 76.7 Å². The van der Waals surface area contributed by atoms with Crippen molar-refractivity contribution in [3.63, 3.8) is 0 Å². The number of anilines is 2. The van der Waals surface area contributed by atoms with Crippen molar-refractivity contribution in [2.75, 3.05) is 37.0 Å². The largest absolute Gasteiger partial charge is 0.296 e. The molecule has 1 N–H and O–H groups in total. The van der Waals surface area contributed by atoms with Gasteiger partial charge in [-0.25, -0.2) is 4.39 Å². The molecule has 2 aromatic rings. The SMILES string of the molecule is CC1C(=O)N(C)C(=O)C1C.CC1C(=O)N(C)C(=O)C1C.CC1C(=O)N(C2CCCCC2)C(=O)C1C.CC1C(=O)N(c2ccc(F)cc2)C(=O)C1C.CC1C(=O)N(c2ccccc2)C(=O)C1C.CC1C(=O)NC(=O)C1C.CCCCCCN1C(=O)C(C)C(C)C1=O.CCCN1C(=O)C(C)C(C)C1=O. The van der Waals surface area contributed by atoms with Gasteiger partial charge in [-0.15, -0.1) is 0 Å². The van der Waals surface area contributed by atoms with E-state index < -0.39 is 0 Å². The van der Waals surface area contributed by atoms with Gasteiger partial charge in [-0.3, -0.25) is 116 Å². The van der Waals surface area contributed by atoms with E-state index in [0.717, 1.165) is 49.8 Å². The minimum atomic E-state index is -0.385. The van der Waals surface area contributed by atoms with Gasteiger partial charge in [0.1, 0.15) is 5.82 Å². The number of nitrogens with zero attached hydrogens (tertiary/aromatic N) is 7. The Kier molecular flexibility index (Phi) is 32.1. The summed E-state index contributed by atoms with van der Waals surface area (Å²) in [5.41, 5.74) is 1.11. The zero-order valence-corrected chi connectivity index (χ0v) is 63.5. The molecule has 24 nitrogen and oxygen atoms in total. The molecule has 9 fully saturated rings. The molecule has 1 aliphatic carbocycles. The molecule has 8 heterocycles. The molecule has 2 aromatic carbocycles. The van der Waals surface area contributed by atoms with E-state index in [1.807, 2.05) is 66.7 Å². The third kappa shape index (κ3) is 19.8. The predicted octanol–water partition coefficient (Wildman–Crippen LogP) is 9.44. The number of carbonyl (C=O) groups is 16. The molecule has 0 spiro atoms. The number of amides is 16. The zero-order valence-electron chi connectivity index (χ0n) is 63.5. The van der Waals surface area contributed by atoms with Crippen molar-refractivity contribution in [1.82, 2.24) is 29.8 Å². The standard InChI is InChI=1S/C12H12FNO2.C12H19NO2.C12H13NO2.C12H21NO2.C9H15NO2.2C7H11NO2.C6H9NO2/c1-7-8(2)12(16)14(11(7)15)10-5-3-9(13)4-6-10;2*1-8-9(2)12(15)13(11(8)14)10-6-4-3-5-7-10;1-4-5-6-7-8-13-11(14)9(2)10(3)12(13)15;1-4-5-10-8(11)6(2)7(3)9(10)12;2*1-4-5(2)7(10)8(3)6(4)9;1-3-4(2)6(9)7-5(3)8/h3-8H,1-2H3;8-10H,3-7H2,1-2H3;3-9H,1-2H3;9-10H,4-8H2,1-3H3;6-7H,4-5H2,1-3H3;2*4-5H,1-3H3;3-4H,1-2H3,(H,7,8,9). The van der Waals surface area contributed by atoms with Crippen molar-refractivity contribution in [2.45, 2.75) is 195 Å². The molecule has 0 radical (unpaired) electrons. The lowest BCUT2D eigenvalue weighted by atomic mass is 9.94. The van der Waals surface area contributed by atoms with E-state index in [0.29, 0.717) is 24.5 Å². The topological polar surface area (TPSA) is 308 Å². The Morgan fingerprint density at radius 2 is 0.618 bits per heavy atom. The molecule has 0 aromatic heterocycles. The van der Waals surface area contributed by atoms with E-state index in [1.165, 1.54) is 82.1 Å². The van der Waals surface area contributed by atoms with Crippen LogP contribution in [-0.4, -0.2) is 152 Å². The fourth-order valence-electron chi connectivity index (χ4n) is 12.8. The Labute approximate surface area is 601 Å². The van der Waals surface area contributed by atoms with Crippen LogP contribution in [0.2, 0.25) is 0 Å². The van der Waals surface area contributed by atoms with Crippen molar-refractivity contribution >= 4 is 106 Å². The lowest BCUT2D eigenvalue weighted by molar-refractivity contribution is -0.144. The Balaban J connectivity index is 0.000000249. The van der Waals surface area contributed by atoms with E-state index in [-0.39, 0.29) is 201 Å². The number of para-hydroxylation sites is 1. The number of rotatable bonds is 10. The lowest BCUT2D eigenvalue weighted by Gasteiger charge is -2.29. The van der Waals surface area contributed by atoms with Gasteiger partial charge in [0.05, 0.1) is 11.4 Å². The van der Waals surface area contributed by atoms with Gasteiger partial charge in [-0.1, -0.05) is 181 Å². The highest BCUT2D eigenvalue weighted by Gasteiger charge is 2.48. The van der Waals surface area contributed by atoms with Crippen LogP contribution in [0.1, 0.15) is 189 Å². The van der Waals surface area contributed by atoms with Crippen molar-refractivity contribution < 1.29 is 81.1 Å². The molecule has 16 atom stereocenters. The van der Waals surface area contributed by atoms with Crippen molar-refractivity contribution in [2.24, 2.45) is 94.7 Å². The fraction of sp³-hybridized carbons (Fsp3) is 0.636. The summed E-state index contributed by atoms with van der Waals surface area (Å²) in [5.74, 6) is -3.94. The highest BCUT2D eigenvalue weighted by molar-refractivity contribution is 6.22. The summed E-state index contributed by atoms with van der Waals surface area (Å²) in [6.45, 7) is 34.1. The summed E-state index contributed by atoms with van der Waals surface area (Å²) in [6, 6.07) is 14.6. The highest BCUT2D eigenvalue weighted by Crippen LogP contribution is 2.35. The average molecular weight is 1420 g/mol. The number of hydrogen-bond acceptors (Lipinski definition) is 16. The molecule has 0 bridgehead atoms. The van der Waals surface area contributed by atoms with Gasteiger partial charge in [-0.2, -0.15) is 0 Å². The molecule has 25 heteroatoms. The molecule has 1 saturated carbocycles. The first-order valence-corrected chi connectivity index (χ1v) is 36.3. The number of carbonyl (C=O) groups excluding carboxylic acids is 16. The van der Waals surface area contributed by atoms with E-state index in [2.05, 4.69) is 12.2 Å². The van der Waals surface area contributed by atoms with Gasteiger partial charge in [-0.05, 0) is 62.1 Å². The quantitative estimate of drug-likeness (QED) is 0.171. The maximum atomic E-state index is 12.7. The van der Waals surface area contributed by atoms with Crippen LogP contribution in [0.15, 0.2) is 54.6 Å². The van der Waals surface area contributed by atoms with Crippen LogP contribution < -0.4 is 15.1 Å². The molecule has 8 aliphatic heterocycles. The number of hydrogen-bond donors (Lipinski definition) is 1. The van der Waals surface area contributed by atoms with Crippen molar-refractivity contribution in [3.8, 4) is 0 Å². The molecule has 102 heavy (non-hydrogen) atoms. The summed E-state index contributed by atoms with van der Waals surface area (Å²) in [5, 5.41) is 2.24. The molecular weight excluding hydrogens is 1310 g/mol. The molecule has 16 unspecified atom stereocenters. The third-order valence-electron chi connectivity index (χ3n) is 22.0. The molecule has 562 valence electrons. The maximum absolute atomic E-state index is 12.7. The minimum absolute atomic E-state index is 0.00523. The van der Waals surface area contributed by atoms with E-state index in [4.69, 9.17) is 0 Å². The predicted molar refractivity (Wildman–Crippen MR) is 380 cm³/mol. The van der Waals surface area contributed by atoms with Crippen LogP contribution in [0.3, 0.4) is 0 Å². The van der Waals surface area contributed by atoms with Gasteiger partial charge in [0, 0.05) is 128 Å². The zero-order chi connectivity index (χ0) is 77.4. The van der Waals surface area contributed by atoms with Crippen LogP contribution in [0.25, 0.3) is 0 Å². The van der Waals surface area contributed by atoms with E-state index in [1.54, 1.807) is 86.3 Å². The fourth-order valence-corrected chi connectivity index (χ4v) is 12.8. The number of likely N-dealkylation sites (tertiary alicyclic amines) is 5. The van der Waals surface area contributed by atoms with Crippen LogP contribution in [0.5, 0.6) is 0 Å². The Morgan fingerprint density at radius 1 is 0.324 bits per heavy atom. The Hall–Kier alpha value is -8.51. The average Bonchev–Trinajstić information content (AvgIpc) is 1.66. The van der Waals surface area contributed by atoms with Crippen LogP contribution >= 0.6 is 0 Å². The Morgan fingerprint density at radius 3 is 0.902 bits per heavy atom. The molecule has 8 saturated heterocycles. The van der Waals surface area contributed by atoms with Gasteiger partial charge in [0.2, 0.25) is 94.5 Å². The minimum Gasteiger partial charge on any atom is -0.296 e. The molecule has 9 aliphatic rings. The Bertz CT molecular complexity index is 3230. The monoisotopic (exact) mass is 1420 g/mol. The first-order valence-electron chi connectivity index (χ1n) is 36.3. The number of benzene rings is 2. The van der Waals surface area contributed by atoms with Crippen molar-refractivity contribution in [3.05, 3.63) is 60.4 Å². The third-order valence-corrected chi connectivity index (χ3v) is 22.0. The summed E-state index contributed by atoms with van der Waals surface area (Å²) in [6.07, 6.45) is 10.8.